The monoisotopic (exact) mass is 612 g/mol. The van der Waals surface area contributed by atoms with Crippen LogP contribution in [-0.2, 0) is 24.4 Å². The molecule has 8 rings (SSSR count). The highest BCUT2D eigenvalue weighted by atomic mass is 32.2. The third-order valence-electron chi connectivity index (χ3n) is 12.8. The lowest BCUT2D eigenvalue weighted by Gasteiger charge is -2.32. The molecule has 6 saturated carbocycles. The lowest BCUT2D eigenvalue weighted by molar-refractivity contribution is 0.363. The summed E-state index contributed by atoms with van der Waals surface area (Å²) in [5.41, 5.74) is 3.45. The molecular weight excluding hydrogens is 569 g/mol. The highest BCUT2D eigenvalue weighted by molar-refractivity contribution is 7.89. The highest BCUT2D eigenvalue weighted by Gasteiger charge is 2.48. The fraction of sp³-hybridized carbons (Fsp3) is 0.706. The first-order valence-electron chi connectivity index (χ1n) is 16.5. The molecule has 42 heavy (non-hydrogen) atoms. The Morgan fingerprint density at radius 2 is 1.19 bits per heavy atom. The van der Waals surface area contributed by atoms with E-state index in [0.29, 0.717) is 34.5 Å². The maximum atomic E-state index is 14.6. The predicted molar refractivity (Wildman–Crippen MR) is 161 cm³/mol. The Bertz CT molecular complexity index is 1520. The predicted octanol–water partition coefficient (Wildman–Crippen LogP) is 7.80. The van der Waals surface area contributed by atoms with Crippen molar-refractivity contribution in [3.8, 4) is 0 Å². The molecule has 6 bridgehead atoms. The van der Waals surface area contributed by atoms with Gasteiger partial charge in [-0.25, -0.2) is 0 Å². The minimum Gasteiger partial charge on any atom is -0.383 e. The SMILES string of the molecule is CC1CC(OS(=O)(=O)c2c(C3CC4CCC3C4)cc(C3CC4CCC3C4)cc2C2CC3CCC2C3)=CC=C1S(=O)(=O)O. The zero-order chi connectivity index (χ0) is 29.0. The minimum absolute atomic E-state index is 0.104. The van der Waals surface area contributed by atoms with Crippen molar-refractivity contribution in [2.24, 2.45) is 41.4 Å². The molecule has 0 amide bonds. The van der Waals surface area contributed by atoms with Crippen LogP contribution in [0.15, 0.2) is 39.8 Å². The maximum absolute atomic E-state index is 14.6. The van der Waals surface area contributed by atoms with Crippen LogP contribution in [0.1, 0.15) is 125 Å². The van der Waals surface area contributed by atoms with E-state index in [1.807, 2.05) is 0 Å². The normalized spacial score (nSPS) is 40.5. The van der Waals surface area contributed by atoms with Crippen molar-refractivity contribution < 1.29 is 25.6 Å². The van der Waals surface area contributed by atoms with Crippen molar-refractivity contribution >= 4 is 20.2 Å². The van der Waals surface area contributed by atoms with Crippen LogP contribution in [0.5, 0.6) is 0 Å². The summed E-state index contributed by atoms with van der Waals surface area (Å²) < 4.78 is 68.3. The van der Waals surface area contributed by atoms with E-state index in [-0.39, 0.29) is 28.9 Å². The smallest absolute Gasteiger partial charge is 0.339 e. The largest absolute Gasteiger partial charge is 0.383 e. The molecule has 7 aliphatic carbocycles. The molecule has 10 atom stereocenters. The van der Waals surface area contributed by atoms with Crippen LogP contribution in [-0.4, -0.2) is 21.4 Å². The summed E-state index contributed by atoms with van der Waals surface area (Å²) in [7, 11) is -8.51. The molecular formula is C34H44O6S2. The van der Waals surface area contributed by atoms with Gasteiger partial charge >= 0.3 is 10.1 Å². The summed E-state index contributed by atoms with van der Waals surface area (Å²) in [6.07, 6.45) is 17.5. The van der Waals surface area contributed by atoms with Gasteiger partial charge in [0.05, 0.1) is 4.91 Å². The molecule has 0 heterocycles. The molecule has 1 aromatic rings. The van der Waals surface area contributed by atoms with Crippen LogP contribution in [0.4, 0.5) is 0 Å². The van der Waals surface area contributed by atoms with Gasteiger partial charge in [-0.1, -0.05) is 38.3 Å². The van der Waals surface area contributed by atoms with Crippen molar-refractivity contribution in [3.05, 3.63) is 51.6 Å². The van der Waals surface area contributed by atoms with Crippen LogP contribution in [0.2, 0.25) is 0 Å². The van der Waals surface area contributed by atoms with E-state index in [2.05, 4.69) is 12.1 Å². The van der Waals surface area contributed by atoms with Gasteiger partial charge in [0.1, 0.15) is 10.7 Å². The van der Waals surface area contributed by atoms with Crippen molar-refractivity contribution in [2.45, 2.75) is 113 Å². The number of rotatable bonds is 7. The number of fused-ring (bicyclic) bond motifs is 6. The molecule has 1 aromatic carbocycles. The summed E-state index contributed by atoms with van der Waals surface area (Å²) in [5.74, 6) is 4.77. The topological polar surface area (TPSA) is 97.7 Å². The Morgan fingerprint density at radius 3 is 1.60 bits per heavy atom. The average molecular weight is 613 g/mol. The van der Waals surface area contributed by atoms with E-state index in [1.165, 1.54) is 81.9 Å². The molecule has 6 fully saturated rings. The molecule has 0 aromatic heterocycles. The Kier molecular flexibility index (Phi) is 6.59. The second-order valence-corrected chi connectivity index (χ2v) is 18.1. The Balaban J connectivity index is 1.26. The third-order valence-corrected chi connectivity index (χ3v) is 15.3. The van der Waals surface area contributed by atoms with Gasteiger partial charge in [0.25, 0.3) is 10.1 Å². The molecule has 228 valence electrons. The van der Waals surface area contributed by atoms with E-state index in [0.717, 1.165) is 35.8 Å². The maximum Gasteiger partial charge on any atom is 0.339 e. The van der Waals surface area contributed by atoms with E-state index >= 15 is 0 Å². The Labute approximate surface area is 251 Å². The molecule has 10 unspecified atom stereocenters. The summed E-state index contributed by atoms with van der Waals surface area (Å²) in [5, 5.41) is 0. The van der Waals surface area contributed by atoms with Gasteiger partial charge in [0, 0.05) is 12.3 Å². The molecule has 1 N–H and O–H groups in total. The minimum atomic E-state index is -4.35. The van der Waals surface area contributed by atoms with Crippen molar-refractivity contribution in [2.75, 3.05) is 0 Å². The summed E-state index contributed by atoms with van der Waals surface area (Å²) in [6.45, 7) is 1.67. The van der Waals surface area contributed by atoms with E-state index < -0.39 is 26.2 Å². The van der Waals surface area contributed by atoms with Crippen LogP contribution in [0.25, 0.3) is 0 Å². The lowest BCUT2D eigenvalue weighted by atomic mass is 9.75. The second-order valence-electron chi connectivity index (χ2n) is 15.2. The molecule has 0 aliphatic heterocycles. The van der Waals surface area contributed by atoms with Crippen molar-refractivity contribution in [1.82, 2.24) is 0 Å². The van der Waals surface area contributed by atoms with Gasteiger partial charge < -0.3 is 4.18 Å². The van der Waals surface area contributed by atoms with Gasteiger partial charge in [-0.15, -0.1) is 0 Å². The molecule has 0 spiro atoms. The van der Waals surface area contributed by atoms with Crippen LogP contribution >= 0.6 is 0 Å². The summed E-state index contributed by atoms with van der Waals surface area (Å²) in [6, 6.07) is 4.63. The van der Waals surface area contributed by atoms with Gasteiger partial charge in [0.2, 0.25) is 0 Å². The second kappa shape index (κ2) is 9.93. The molecule has 7 aliphatic rings. The number of benzene rings is 1. The first kappa shape index (κ1) is 27.9. The zero-order valence-electron chi connectivity index (χ0n) is 24.6. The van der Waals surface area contributed by atoms with E-state index in [4.69, 9.17) is 4.18 Å². The highest BCUT2D eigenvalue weighted by Crippen LogP contribution is 2.60. The zero-order valence-corrected chi connectivity index (χ0v) is 26.2. The van der Waals surface area contributed by atoms with E-state index in [9.17, 15) is 21.4 Å². The first-order valence-corrected chi connectivity index (χ1v) is 19.4. The van der Waals surface area contributed by atoms with Crippen LogP contribution in [0, 0.1) is 41.4 Å². The number of allylic oxidation sites excluding steroid dienone is 4. The van der Waals surface area contributed by atoms with Crippen molar-refractivity contribution in [1.29, 1.82) is 0 Å². The molecule has 0 radical (unpaired) electrons. The third kappa shape index (κ3) is 4.65. The molecule has 6 nitrogen and oxygen atoms in total. The fourth-order valence-corrected chi connectivity index (χ4v) is 13.4. The first-order chi connectivity index (χ1) is 20.0. The van der Waals surface area contributed by atoms with Crippen molar-refractivity contribution in [3.63, 3.8) is 0 Å². The number of hydrogen-bond acceptors (Lipinski definition) is 5. The quantitative estimate of drug-likeness (QED) is 0.249. The fourth-order valence-electron chi connectivity index (χ4n) is 11.1. The summed E-state index contributed by atoms with van der Waals surface area (Å²) in [4.78, 5) is 0.343. The average Bonchev–Trinajstić information content (AvgIpc) is 3.79. The standard InChI is InChI=1S/C34H44O6S2/c1-19-10-27(8-9-33(19)41(35,36)37)40-42(38,39)34-31(29-15-21-3-6-24(29)12-21)17-26(28-14-20-2-5-23(28)11-20)18-32(34)30-16-22-4-7-25(30)13-22/h8-9,17-25,28-30H,2-7,10-16H2,1H3,(H,35,36,37). The Hall–Kier alpha value is -1.64. The van der Waals surface area contributed by atoms with Gasteiger partial charge in [0.15, 0.2) is 0 Å². The number of hydrogen-bond donors (Lipinski definition) is 1. The van der Waals surface area contributed by atoms with Gasteiger partial charge in [-0.05, 0) is 140 Å². The Morgan fingerprint density at radius 1 is 0.690 bits per heavy atom. The molecule has 0 saturated heterocycles. The lowest BCUT2D eigenvalue weighted by Crippen LogP contribution is -2.22. The van der Waals surface area contributed by atoms with E-state index in [1.54, 1.807) is 6.92 Å². The van der Waals surface area contributed by atoms with Crippen LogP contribution < -0.4 is 0 Å². The molecule has 8 heteroatoms. The van der Waals surface area contributed by atoms with Gasteiger partial charge in [-0.2, -0.15) is 16.8 Å². The van der Waals surface area contributed by atoms with Crippen LogP contribution in [0.3, 0.4) is 0 Å². The van der Waals surface area contributed by atoms with Gasteiger partial charge in [-0.3, -0.25) is 4.55 Å². The summed E-state index contributed by atoms with van der Waals surface area (Å²) >= 11 is 0.